The topological polar surface area (TPSA) is 75.7 Å². The van der Waals surface area contributed by atoms with Crippen LogP contribution in [0.25, 0.3) is 0 Å². The van der Waals surface area contributed by atoms with Gasteiger partial charge in [-0.1, -0.05) is 15.9 Å². The Morgan fingerprint density at radius 1 is 1.21 bits per heavy atom. The number of nitrogens with one attached hydrogen (secondary N) is 1. The maximum absolute atomic E-state index is 13.1. The van der Waals surface area contributed by atoms with Gasteiger partial charge in [-0.25, -0.2) is 4.39 Å². The summed E-state index contributed by atoms with van der Waals surface area (Å²) < 4.78 is 19.1. The molecule has 0 radical (unpaired) electrons. The van der Waals surface area contributed by atoms with E-state index in [1.165, 1.54) is 29.2 Å². The van der Waals surface area contributed by atoms with E-state index in [-0.39, 0.29) is 18.9 Å². The van der Waals surface area contributed by atoms with E-state index >= 15 is 0 Å². The minimum atomic E-state index is -0.669. The molecule has 0 spiro atoms. The van der Waals surface area contributed by atoms with Crippen molar-refractivity contribution in [3.05, 3.63) is 57.8 Å². The van der Waals surface area contributed by atoms with Crippen molar-refractivity contribution in [2.75, 3.05) is 23.4 Å². The molecule has 1 saturated heterocycles. The number of halogens is 2. The normalized spacial score (nSPS) is 16.1. The summed E-state index contributed by atoms with van der Waals surface area (Å²) in [5.41, 5.74) is 3.00. The number of benzene rings is 2. The molecule has 1 atom stereocenters. The summed E-state index contributed by atoms with van der Waals surface area (Å²) in [5, 5.41) is 2.72. The number of nitrogens with zero attached hydrogens (tertiary/aromatic N) is 1. The SMILES string of the molecule is Cc1cc(NC(=O)COC(=O)[C@@H]2CC(=O)N(c3ccc(F)cc3)C2)c(C)cc1Br. The number of ether oxygens (including phenoxy) is 1. The van der Waals surface area contributed by atoms with Crippen molar-refractivity contribution < 1.29 is 23.5 Å². The lowest BCUT2D eigenvalue weighted by Crippen LogP contribution is -2.28. The average Bonchev–Trinajstić information content (AvgIpc) is 3.06. The summed E-state index contributed by atoms with van der Waals surface area (Å²) >= 11 is 3.43. The molecule has 1 N–H and O–H groups in total. The first-order valence-electron chi connectivity index (χ1n) is 9.03. The maximum atomic E-state index is 13.1. The zero-order valence-corrected chi connectivity index (χ0v) is 17.6. The Labute approximate surface area is 176 Å². The summed E-state index contributed by atoms with van der Waals surface area (Å²) in [6.07, 6.45) is -0.0111. The predicted molar refractivity (Wildman–Crippen MR) is 110 cm³/mol. The van der Waals surface area contributed by atoms with Crippen LogP contribution in [-0.2, 0) is 19.1 Å². The Hall–Kier alpha value is -2.74. The number of carbonyl (C=O) groups is 3. The molecule has 1 aliphatic heterocycles. The van der Waals surface area contributed by atoms with Gasteiger partial charge < -0.3 is 15.0 Å². The molecule has 152 valence electrons. The fourth-order valence-corrected chi connectivity index (χ4v) is 3.55. The van der Waals surface area contributed by atoms with Crippen molar-refractivity contribution in [3.63, 3.8) is 0 Å². The largest absolute Gasteiger partial charge is 0.455 e. The molecule has 0 saturated carbocycles. The summed E-state index contributed by atoms with van der Waals surface area (Å²) in [6, 6.07) is 9.20. The van der Waals surface area contributed by atoms with Crippen LogP contribution in [0.15, 0.2) is 40.9 Å². The third kappa shape index (κ3) is 5.00. The lowest BCUT2D eigenvalue weighted by atomic mass is 10.1. The summed E-state index contributed by atoms with van der Waals surface area (Å²) in [4.78, 5) is 38.1. The molecule has 0 unspecified atom stereocenters. The van der Waals surface area contributed by atoms with Crippen LogP contribution < -0.4 is 10.2 Å². The standard InChI is InChI=1S/C21H20BrFN2O4/c1-12-8-18(13(2)7-17(12)22)24-19(26)11-29-21(28)14-9-20(27)25(10-14)16-5-3-15(23)4-6-16/h3-8,14H,9-11H2,1-2H3,(H,24,26)/t14-/m1/s1. The van der Waals surface area contributed by atoms with Gasteiger partial charge >= 0.3 is 5.97 Å². The van der Waals surface area contributed by atoms with Gasteiger partial charge in [0.25, 0.3) is 5.91 Å². The van der Waals surface area contributed by atoms with Gasteiger partial charge in [0.2, 0.25) is 5.91 Å². The summed E-state index contributed by atoms with van der Waals surface area (Å²) in [6.45, 7) is 3.47. The third-order valence-electron chi connectivity index (χ3n) is 4.72. The second-order valence-electron chi connectivity index (χ2n) is 6.95. The highest BCUT2D eigenvalue weighted by Crippen LogP contribution is 2.26. The molecule has 0 aromatic heterocycles. The quantitative estimate of drug-likeness (QED) is 0.686. The van der Waals surface area contributed by atoms with Crippen LogP contribution in [0.2, 0.25) is 0 Å². The van der Waals surface area contributed by atoms with Crippen LogP contribution in [0.1, 0.15) is 17.5 Å². The molecule has 1 heterocycles. The van der Waals surface area contributed by atoms with E-state index < -0.39 is 30.2 Å². The van der Waals surface area contributed by atoms with Crippen molar-refractivity contribution in [1.29, 1.82) is 0 Å². The number of rotatable bonds is 5. The second kappa shape index (κ2) is 8.73. The second-order valence-corrected chi connectivity index (χ2v) is 7.81. The van der Waals surface area contributed by atoms with E-state index in [0.717, 1.165) is 15.6 Å². The molecule has 2 amide bonds. The molecule has 29 heavy (non-hydrogen) atoms. The van der Waals surface area contributed by atoms with Crippen LogP contribution in [0.4, 0.5) is 15.8 Å². The zero-order chi connectivity index (χ0) is 21.1. The number of hydrogen-bond donors (Lipinski definition) is 1. The van der Waals surface area contributed by atoms with Crippen molar-refractivity contribution >= 4 is 45.1 Å². The van der Waals surface area contributed by atoms with Crippen molar-refractivity contribution in [2.24, 2.45) is 5.92 Å². The Kier molecular flexibility index (Phi) is 6.32. The van der Waals surface area contributed by atoms with Gasteiger partial charge in [0.15, 0.2) is 6.61 Å². The van der Waals surface area contributed by atoms with Gasteiger partial charge in [0.05, 0.1) is 5.92 Å². The Balaban J connectivity index is 1.54. The van der Waals surface area contributed by atoms with Crippen molar-refractivity contribution in [2.45, 2.75) is 20.3 Å². The average molecular weight is 463 g/mol. The molecule has 8 heteroatoms. The van der Waals surface area contributed by atoms with Gasteiger partial charge in [-0.15, -0.1) is 0 Å². The summed E-state index contributed by atoms with van der Waals surface area (Å²) in [5.74, 6) is -2.38. The van der Waals surface area contributed by atoms with E-state index in [0.29, 0.717) is 11.4 Å². The summed E-state index contributed by atoms with van der Waals surface area (Å²) in [7, 11) is 0. The minimum absolute atomic E-state index is 0.0111. The van der Waals surface area contributed by atoms with Crippen LogP contribution in [0.5, 0.6) is 0 Å². The highest BCUT2D eigenvalue weighted by atomic mass is 79.9. The highest BCUT2D eigenvalue weighted by Gasteiger charge is 2.36. The molecule has 6 nitrogen and oxygen atoms in total. The lowest BCUT2D eigenvalue weighted by molar-refractivity contribution is -0.151. The van der Waals surface area contributed by atoms with E-state index in [2.05, 4.69) is 21.2 Å². The Morgan fingerprint density at radius 2 is 1.90 bits per heavy atom. The first kappa shape index (κ1) is 21.0. The molecule has 2 aromatic rings. The highest BCUT2D eigenvalue weighted by molar-refractivity contribution is 9.10. The van der Waals surface area contributed by atoms with Crippen molar-refractivity contribution in [3.8, 4) is 0 Å². The number of carbonyl (C=O) groups excluding carboxylic acids is 3. The number of anilines is 2. The fourth-order valence-electron chi connectivity index (χ4n) is 3.09. The molecule has 0 aliphatic carbocycles. The predicted octanol–water partition coefficient (Wildman–Crippen LogP) is 3.74. The van der Waals surface area contributed by atoms with Gasteiger partial charge in [0.1, 0.15) is 5.82 Å². The Morgan fingerprint density at radius 3 is 2.59 bits per heavy atom. The fraction of sp³-hybridized carbons (Fsp3) is 0.286. The number of amides is 2. The molecule has 2 aromatic carbocycles. The van der Waals surface area contributed by atoms with Crippen LogP contribution in [-0.4, -0.2) is 30.9 Å². The van der Waals surface area contributed by atoms with Crippen molar-refractivity contribution in [1.82, 2.24) is 0 Å². The third-order valence-corrected chi connectivity index (χ3v) is 5.58. The zero-order valence-electron chi connectivity index (χ0n) is 16.0. The molecular formula is C21H20BrFN2O4. The maximum Gasteiger partial charge on any atom is 0.311 e. The molecule has 0 bridgehead atoms. The first-order valence-corrected chi connectivity index (χ1v) is 9.83. The van der Waals surface area contributed by atoms with E-state index in [1.807, 2.05) is 26.0 Å². The smallest absolute Gasteiger partial charge is 0.311 e. The van der Waals surface area contributed by atoms with Gasteiger partial charge in [-0.05, 0) is 61.4 Å². The lowest BCUT2D eigenvalue weighted by Gasteiger charge is -2.16. The molecule has 1 fully saturated rings. The van der Waals surface area contributed by atoms with E-state index in [4.69, 9.17) is 4.74 Å². The molecule has 3 rings (SSSR count). The number of aryl methyl sites for hydroxylation is 2. The monoisotopic (exact) mass is 462 g/mol. The van der Waals surface area contributed by atoms with E-state index in [1.54, 1.807) is 0 Å². The van der Waals surface area contributed by atoms with Crippen LogP contribution in [0.3, 0.4) is 0 Å². The first-order chi connectivity index (χ1) is 13.7. The van der Waals surface area contributed by atoms with Gasteiger partial charge in [0, 0.05) is 28.8 Å². The molecule has 1 aliphatic rings. The number of hydrogen-bond acceptors (Lipinski definition) is 4. The van der Waals surface area contributed by atoms with Gasteiger partial charge in [-0.3, -0.25) is 14.4 Å². The molecular weight excluding hydrogens is 443 g/mol. The van der Waals surface area contributed by atoms with Crippen LogP contribution in [0, 0.1) is 25.6 Å². The van der Waals surface area contributed by atoms with Crippen LogP contribution >= 0.6 is 15.9 Å². The minimum Gasteiger partial charge on any atom is -0.455 e. The number of esters is 1. The van der Waals surface area contributed by atoms with Gasteiger partial charge in [-0.2, -0.15) is 0 Å². The Bertz CT molecular complexity index is 962. The van der Waals surface area contributed by atoms with E-state index in [9.17, 15) is 18.8 Å².